The monoisotopic (exact) mass is 391 g/mol. The summed E-state index contributed by atoms with van der Waals surface area (Å²) in [7, 11) is 0. The van der Waals surface area contributed by atoms with Gasteiger partial charge in [-0.15, -0.1) is 0 Å². The molecule has 24 heavy (non-hydrogen) atoms. The average molecular weight is 392 g/mol. The van der Waals surface area contributed by atoms with E-state index in [9.17, 15) is 9.18 Å². The highest BCUT2D eigenvalue weighted by atomic mass is 79.9. The SMILES string of the molecule is O=C(C1CC1)N1CCCN(c2ccc3cc(Br)c(F)cc3n2)CC1. The topological polar surface area (TPSA) is 36.4 Å². The fraction of sp³-hybridized carbons (Fsp3) is 0.444. The summed E-state index contributed by atoms with van der Waals surface area (Å²) in [5, 5.41) is 0.910. The van der Waals surface area contributed by atoms with Crippen LogP contribution in [-0.4, -0.2) is 42.0 Å². The summed E-state index contributed by atoms with van der Waals surface area (Å²) in [4.78, 5) is 21.1. The van der Waals surface area contributed by atoms with E-state index >= 15 is 0 Å². The number of carbonyl (C=O) groups is 1. The third kappa shape index (κ3) is 3.11. The predicted molar refractivity (Wildman–Crippen MR) is 95.5 cm³/mol. The number of fused-ring (bicyclic) bond motifs is 1. The van der Waals surface area contributed by atoms with E-state index in [1.54, 1.807) is 6.07 Å². The lowest BCUT2D eigenvalue weighted by atomic mass is 10.2. The van der Waals surface area contributed by atoms with E-state index in [2.05, 4.69) is 25.8 Å². The number of nitrogens with zero attached hydrogens (tertiary/aromatic N) is 3. The van der Waals surface area contributed by atoms with Crippen LogP contribution in [0, 0.1) is 11.7 Å². The van der Waals surface area contributed by atoms with Gasteiger partial charge in [-0.1, -0.05) is 0 Å². The molecule has 4 nitrogen and oxygen atoms in total. The van der Waals surface area contributed by atoms with Gasteiger partial charge in [0.1, 0.15) is 11.6 Å². The minimum Gasteiger partial charge on any atom is -0.355 e. The van der Waals surface area contributed by atoms with Crippen LogP contribution < -0.4 is 4.90 Å². The lowest BCUT2D eigenvalue weighted by Gasteiger charge is -2.23. The van der Waals surface area contributed by atoms with Crippen molar-refractivity contribution >= 4 is 38.6 Å². The quantitative estimate of drug-likeness (QED) is 0.784. The smallest absolute Gasteiger partial charge is 0.225 e. The second-order valence-electron chi connectivity index (χ2n) is 6.57. The third-order valence-electron chi connectivity index (χ3n) is 4.77. The summed E-state index contributed by atoms with van der Waals surface area (Å²) in [5.41, 5.74) is 0.656. The van der Waals surface area contributed by atoms with Crippen LogP contribution in [0.3, 0.4) is 0 Å². The Balaban J connectivity index is 1.53. The van der Waals surface area contributed by atoms with E-state index in [-0.39, 0.29) is 11.7 Å². The van der Waals surface area contributed by atoms with E-state index in [4.69, 9.17) is 0 Å². The summed E-state index contributed by atoms with van der Waals surface area (Å²) < 4.78 is 14.2. The Morgan fingerprint density at radius 1 is 1.17 bits per heavy atom. The van der Waals surface area contributed by atoms with Crippen molar-refractivity contribution in [2.75, 3.05) is 31.1 Å². The highest BCUT2D eigenvalue weighted by Crippen LogP contribution is 2.31. The van der Waals surface area contributed by atoms with Crippen molar-refractivity contribution in [1.29, 1.82) is 0 Å². The predicted octanol–water partition coefficient (Wildman–Crippen LogP) is 3.59. The summed E-state index contributed by atoms with van der Waals surface area (Å²) in [6.45, 7) is 3.20. The third-order valence-corrected chi connectivity index (χ3v) is 5.38. The van der Waals surface area contributed by atoms with Gasteiger partial charge in [0.25, 0.3) is 0 Å². The van der Waals surface area contributed by atoms with Crippen LogP contribution in [0.1, 0.15) is 19.3 Å². The van der Waals surface area contributed by atoms with Crippen molar-refractivity contribution in [1.82, 2.24) is 9.88 Å². The maximum absolute atomic E-state index is 13.8. The highest BCUT2D eigenvalue weighted by molar-refractivity contribution is 9.10. The Labute approximate surface area is 148 Å². The van der Waals surface area contributed by atoms with E-state index < -0.39 is 0 Å². The molecule has 1 aliphatic carbocycles. The molecular formula is C18H19BrFN3O. The van der Waals surface area contributed by atoms with E-state index in [1.165, 1.54) is 6.07 Å². The molecule has 0 spiro atoms. The summed E-state index contributed by atoms with van der Waals surface area (Å²) in [6.07, 6.45) is 3.03. The second kappa shape index (κ2) is 6.31. The Bertz CT molecular complexity index is 793. The van der Waals surface area contributed by atoms with Gasteiger partial charge < -0.3 is 9.80 Å². The number of carbonyl (C=O) groups excluding carboxylic acids is 1. The van der Waals surface area contributed by atoms with Gasteiger partial charge in [-0.3, -0.25) is 4.79 Å². The molecule has 1 saturated carbocycles. The summed E-state index contributed by atoms with van der Waals surface area (Å²) in [5.74, 6) is 1.14. The normalized spacial score (nSPS) is 18.8. The molecule has 126 valence electrons. The van der Waals surface area contributed by atoms with E-state index in [0.29, 0.717) is 15.9 Å². The molecule has 0 atom stereocenters. The van der Waals surface area contributed by atoms with Crippen LogP contribution in [-0.2, 0) is 4.79 Å². The minimum absolute atomic E-state index is 0.275. The van der Waals surface area contributed by atoms with Crippen molar-refractivity contribution < 1.29 is 9.18 Å². The number of pyridine rings is 1. The molecule has 4 rings (SSSR count). The average Bonchev–Trinajstić information content (AvgIpc) is 3.41. The first-order valence-corrected chi connectivity index (χ1v) is 9.20. The minimum atomic E-state index is -0.302. The van der Waals surface area contributed by atoms with Gasteiger partial charge in [0.15, 0.2) is 0 Å². The number of benzene rings is 1. The lowest BCUT2D eigenvalue weighted by molar-refractivity contribution is -0.132. The van der Waals surface area contributed by atoms with E-state index in [1.807, 2.05) is 17.0 Å². The van der Waals surface area contributed by atoms with Gasteiger partial charge in [-0.2, -0.15) is 0 Å². The number of aromatic nitrogens is 1. The van der Waals surface area contributed by atoms with Crippen LogP contribution in [0.4, 0.5) is 10.2 Å². The van der Waals surface area contributed by atoms with Crippen molar-refractivity contribution in [3.8, 4) is 0 Å². The molecule has 2 fully saturated rings. The molecular weight excluding hydrogens is 373 g/mol. The fourth-order valence-corrected chi connectivity index (χ4v) is 3.60. The van der Waals surface area contributed by atoms with Crippen LogP contribution in [0.25, 0.3) is 10.9 Å². The van der Waals surface area contributed by atoms with E-state index in [0.717, 1.165) is 56.6 Å². The number of rotatable bonds is 2. The summed E-state index contributed by atoms with van der Waals surface area (Å²) in [6, 6.07) is 7.16. The largest absolute Gasteiger partial charge is 0.355 e. The molecule has 0 N–H and O–H groups in total. The molecule has 2 aliphatic rings. The van der Waals surface area contributed by atoms with Crippen LogP contribution in [0.2, 0.25) is 0 Å². The second-order valence-corrected chi connectivity index (χ2v) is 7.42. The molecule has 0 radical (unpaired) electrons. The molecule has 1 aromatic carbocycles. The number of anilines is 1. The van der Waals surface area contributed by atoms with Gasteiger partial charge in [-0.25, -0.2) is 9.37 Å². The van der Waals surface area contributed by atoms with Crippen LogP contribution in [0.5, 0.6) is 0 Å². The van der Waals surface area contributed by atoms with Gasteiger partial charge in [0, 0.05) is 43.5 Å². The van der Waals surface area contributed by atoms with Crippen molar-refractivity contribution in [3.63, 3.8) is 0 Å². The lowest BCUT2D eigenvalue weighted by Crippen LogP contribution is -2.36. The zero-order chi connectivity index (χ0) is 16.7. The van der Waals surface area contributed by atoms with Crippen LogP contribution >= 0.6 is 15.9 Å². The van der Waals surface area contributed by atoms with Gasteiger partial charge in [0.2, 0.25) is 5.91 Å². The number of amides is 1. The molecule has 6 heteroatoms. The van der Waals surface area contributed by atoms with Crippen LogP contribution in [0.15, 0.2) is 28.7 Å². The van der Waals surface area contributed by atoms with Crippen molar-refractivity contribution in [2.24, 2.45) is 5.92 Å². The Morgan fingerprint density at radius 2 is 2.00 bits per heavy atom. The summed E-state index contributed by atoms with van der Waals surface area (Å²) >= 11 is 3.21. The Morgan fingerprint density at radius 3 is 2.79 bits per heavy atom. The maximum Gasteiger partial charge on any atom is 0.225 e. The molecule has 0 unspecified atom stereocenters. The number of hydrogen-bond acceptors (Lipinski definition) is 3. The highest BCUT2D eigenvalue weighted by Gasteiger charge is 2.34. The number of halogens is 2. The maximum atomic E-state index is 13.8. The zero-order valence-electron chi connectivity index (χ0n) is 13.3. The molecule has 2 heterocycles. The van der Waals surface area contributed by atoms with Crippen molar-refractivity contribution in [2.45, 2.75) is 19.3 Å². The first kappa shape index (κ1) is 15.8. The standard InChI is InChI=1S/C18H19BrFN3O/c19-14-10-13-4-5-17(21-16(13)11-15(14)20)22-6-1-7-23(9-8-22)18(24)12-2-3-12/h4-5,10-12H,1-3,6-9H2. The molecule has 1 amide bonds. The number of hydrogen-bond donors (Lipinski definition) is 0. The van der Waals surface area contributed by atoms with Gasteiger partial charge >= 0.3 is 0 Å². The molecule has 2 aromatic rings. The fourth-order valence-electron chi connectivity index (χ4n) is 3.24. The molecule has 1 aliphatic heterocycles. The van der Waals surface area contributed by atoms with Crippen molar-refractivity contribution in [3.05, 3.63) is 34.6 Å². The first-order valence-electron chi connectivity index (χ1n) is 8.41. The first-order chi connectivity index (χ1) is 11.6. The Hall–Kier alpha value is -1.69. The zero-order valence-corrected chi connectivity index (χ0v) is 14.9. The Kier molecular flexibility index (Phi) is 4.16. The van der Waals surface area contributed by atoms with Gasteiger partial charge in [-0.05, 0) is 53.4 Å². The van der Waals surface area contributed by atoms with Gasteiger partial charge in [0.05, 0.1) is 9.99 Å². The molecule has 0 bridgehead atoms. The molecule has 1 aromatic heterocycles. The molecule has 1 saturated heterocycles.